The second-order valence-electron chi connectivity index (χ2n) is 13.8. The first-order chi connectivity index (χ1) is 24.7. The zero-order valence-electron chi connectivity index (χ0n) is 29.2. The van der Waals surface area contributed by atoms with E-state index in [0.29, 0.717) is 43.1 Å². The van der Waals surface area contributed by atoms with Crippen molar-refractivity contribution in [2.45, 2.75) is 45.9 Å². The molecule has 2 N–H and O–H groups in total. The van der Waals surface area contributed by atoms with Gasteiger partial charge in [0.2, 0.25) is 5.89 Å². The van der Waals surface area contributed by atoms with Gasteiger partial charge in [-0.2, -0.15) is 5.26 Å². The van der Waals surface area contributed by atoms with Gasteiger partial charge in [-0.15, -0.1) is 0 Å². The molecule has 2 aliphatic rings. The summed E-state index contributed by atoms with van der Waals surface area (Å²) in [7, 11) is 1.65. The number of carboxylic acids is 1. The topological polar surface area (TPSA) is 123 Å². The van der Waals surface area contributed by atoms with Crippen LogP contribution in [0.3, 0.4) is 0 Å². The van der Waals surface area contributed by atoms with Gasteiger partial charge in [0, 0.05) is 49.4 Å². The van der Waals surface area contributed by atoms with E-state index in [1.807, 2.05) is 67.6 Å². The average molecular weight is 683 g/mol. The fourth-order valence-electron chi connectivity index (χ4n) is 7.47. The third-order valence-electron chi connectivity index (χ3n) is 10.3. The van der Waals surface area contributed by atoms with Crippen LogP contribution in [0.15, 0.2) is 71.1 Å². The van der Waals surface area contributed by atoms with Gasteiger partial charge in [0.25, 0.3) is 0 Å². The number of hydrogen-bond donors (Lipinski definition) is 2. The Balaban J connectivity index is 1.14. The smallest absolute Gasteiger partial charge is 0.307 e. The first-order valence-corrected chi connectivity index (χ1v) is 17.4. The van der Waals surface area contributed by atoms with Crippen molar-refractivity contribution in [1.82, 2.24) is 14.8 Å². The second kappa shape index (κ2) is 14.5. The Bertz CT molecular complexity index is 2180. The molecule has 1 aromatic heterocycles. The van der Waals surface area contributed by atoms with Crippen molar-refractivity contribution in [2.75, 3.05) is 33.3 Å². The van der Waals surface area contributed by atoms with Crippen molar-refractivity contribution in [2.24, 2.45) is 5.92 Å². The zero-order valence-corrected chi connectivity index (χ0v) is 29.2. The lowest BCUT2D eigenvalue weighted by Crippen LogP contribution is -2.23. The Morgan fingerprint density at radius 1 is 0.961 bits per heavy atom. The minimum atomic E-state index is -0.738. The number of oxazole rings is 1. The normalized spacial score (nSPS) is 18.2. The number of carboxylic acid groups (broad SMARTS) is 1. The summed E-state index contributed by atoms with van der Waals surface area (Å²) in [4.78, 5) is 20.7. The highest BCUT2D eigenvalue weighted by Crippen LogP contribution is 2.36. The first kappa shape index (κ1) is 34.2. The molecule has 51 heavy (non-hydrogen) atoms. The largest absolute Gasteiger partial charge is 0.496 e. The van der Waals surface area contributed by atoms with Crippen LogP contribution in [0.4, 0.5) is 0 Å². The van der Waals surface area contributed by atoms with Crippen LogP contribution in [0.2, 0.25) is 0 Å². The number of methoxy groups -OCH3 is 1. The number of hydrogen-bond acceptors (Lipinski definition) is 8. The summed E-state index contributed by atoms with van der Waals surface area (Å²) in [5, 5.41) is 29.8. The molecule has 0 amide bonds. The van der Waals surface area contributed by atoms with E-state index in [1.54, 1.807) is 7.11 Å². The third-order valence-corrected chi connectivity index (χ3v) is 10.3. The van der Waals surface area contributed by atoms with Crippen LogP contribution >= 0.6 is 0 Å². The van der Waals surface area contributed by atoms with Crippen LogP contribution in [0, 0.1) is 31.1 Å². The minimum Gasteiger partial charge on any atom is -0.496 e. The van der Waals surface area contributed by atoms with E-state index in [1.165, 1.54) is 0 Å². The molecule has 0 aliphatic carbocycles. The third kappa shape index (κ3) is 7.17. The number of aliphatic hydroxyl groups excluding tert-OH is 1. The lowest BCUT2D eigenvalue weighted by atomic mass is 9.91. The lowest BCUT2D eigenvalue weighted by molar-refractivity contribution is -0.141. The van der Waals surface area contributed by atoms with E-state index in [0.717, 1.165) is 87.4 Å². The number of fused-ring (bicyclic) bond motifs is 1. The van der Waals surface area contributed by atoms with Crippen LogP contribution in [0.5, 0.6) is 5.75 Å². The van der Waals surface area contributed by atoms with Gasteiger partial charge in [0.05, 0.1) is 24.7 Å². The second-order valence-corrected chi connectivity index (χ2v) is 13.8. The number of benzene rings is 4. The first-order valence-electron chi connectivity index (χ1n) is 17.4. The quantitative estimate of drug-likeness (QED) is 0.146. The van der Waals surface area contributed by atoms with E-state index in [-0.39, 0.29) is 12.0 Å². The number of rotatable bonds is 10. The molecule has 2 aliphatic heterocycles. The van der Waals surface area contributed by atoms with Crippen LogP contribution in [0.1, 0.15) is 51.8 Å². The fourth-order valence-corrected chi connectivity index (χ4v) is 7.47. The summed E-state index contributed by atoms with van der Waals surface area (Å²) in [5.41, 5.74) is 10.7. The van der Waals surface area contributed by atoms with Crippen molar-refractivity contribution in [3.05, 3.63) is 106 Å². The van der Waals surface area contributed by atoms with Crippen LogP contribution in [-0.2, 0) is 17.9 Å². The Hall–Kier alpha value is -5.27. The number of aliphatic hydroxyl groups is 1. The van der Waals surface area contributed by atoms with E-state index >= 15 is 0 Å². The molecule has 4 aromatic carbocycles. The van der Waals surface area contributed by atoms with Gasteiger partial charge in [-0.05, 0) is 90.9 Å². The number of aryl methyl sites for hydroxylation is 1. The SMILES string of the molecule is COc1cc(/C=C/c2cccc(-c3cccc(-c4nc5cc(CN6CC[C@@H](O)C6)ccc5o4)c3C)c2C#N)c(C)cc1CN1CC[C@@H](C(=O)O)C1. The summed E-state index contributed by atoms with van der Waals surface area (Å²) >= 11 is 0. The number of nitriles is 1. The molecule has 9 heteroatoms. The maximum Gasteiger partial charge on any atom is 0.307 e. The number of aliphatic carboxylic acids is 1. The molecule has 2 atom stereocenters. The summed E-state index contributed by atoms with van der Waals surface area (Å²) in [6.07, 6.45) is 5.20. The van der Waals surface area contributed by atoms with E-state index in [9.17, 15) is 20.3 Å². The molecule has 260 valence electrons. The standard InChI is InChI=1S/C42H42N4O5/c1-26-18-32(24-46-16-14-31(23-46)42(48)49)40(50-3)20-30(26)12-11-29-6-4-9-36(37(29)21-43)34-7-5-8-35(27(34)2)41-44-38-19-28(10-13-39(38)51-41)22-45-17-15-33(47)25-45/h4-13,18-20,31,33,47H,14-17,22-25H2,1-3H3,(H,48,49)/b12-11+/t31-,33-/m1/s1. The molecule has 0 saturated carbocycles. The number of aromatic nitrogens is 1. The number of likely N-dealkylation sites (tertiary alicyclic amines) is 2. The molecule has 2 saturated heterocycles. The van der Waals surface area contributed by atoms with Crippen LogP contribution in [0.25, 0.3) is 45.8 Å². The molecule has 9 nitrogen and oxygen atoms in total. The highest BCUT2D eigenvalue weighted by atomic mass is 16.5. The number of ether oxygens (including phenoxy) is 1. The average Bonchev–Trinajstić information content (AvgIpc) is 3.88. The molecule has 0 bridgehead atoms. The van der Waals surface area contributed by atoms with Gasteiger partial charge in [0.1, 0.15) is 17.3 Å². The van der Waals surface area contributed by atoms with Crippen molar-refractivity contribution in [3.8, 4) is 34.4 Å². The van der Waals surface area contributed by atoms with Gasteiger partial charge in [-0.25, -0.2) is 4.98 Å². The number of β-amino-alcohol motifs (C(OH)–C–C–N with tert-alkyl or cyclic N) is 1. The van der Waals surface area contributed by atoms with Crippen molar-refractivity contribution >= 4 is 29.2 Å². The molecular weight excluding hydrogens is 640 g/mol. The molecule has 0 spiro atoms. The molecule has 7 rings (SSSR count). The highest BCUT2D eigenvalue weighted by molar-refractivity contribution is 5.85. The van der Waals surface area contributed by atoms with Crippen molar-refractivity contribution < 1.29 is 24.2 Å². The predicted octanol–water partition coefficient (Wildman–Crippen LogP) is 7.30. The van der Waals surface area contributed by atoms with Gasteiger partial charge < -0.3 is 19.4 Å². The highest BCUT2D eigenvalue weighted by Gasteiger charge is 2.28. The lowest BCUT2D eigenvalue weighted by Gasteiger charge is -2.19. The van der Waals surface area contributed by atoms with Gasteiger partial charge in [-0.3, -0.25) is 14.6 Å². The Kier molecular flexibility index (Phi) is 9.74. The van der Waals surface area contributed by atoms with Gasteiger partial charge >= 0.3 is 5.97 Å². The molecular formula is C42H42N4O5. The Labute approximate surface area is 298 Å². The maximum atomic E-state index is 11.4. The van der Waals surface area contributed by atoms with E-state index < -0.39 is 5.97 Å². The summed E-state index contributed by atoms with van der Waals surface area (Å²) in [6, 6.07) is 24.6. The van der Waals surface area contributed by atoms with E-state index in [2.05, 4.69) is 41.0 Å². The van der Waals surface area contributed by atoms with Crippen LogP contribution in [-0.4, -0.2) is 70.4 Å². The molecule has 2 fully saturated rings. The van der Waals surface area contributed by atoms with Crippen LogP contribution < -0.4 is 4.74 Å². The zero-order chi connectivity index (χ0) is 35.6. The Morgan fingerprint density at radius 3 is 2.45 bits per heavy atom. The van der Waals surface area contributed by atoms with E-state index in [4.69, 9.17) is 14.1 Å². The molecule has 0 radical (unpaired) electrons. The molecule has 5 aromatic rings. The monoisotopic (exact) mass is 682 g/mol. The summed E-state index contributed by atoms with van der Waals surface area (Å²) in [5.74, 6) is 0.223. The molecule has 0 unspecified atom stereocenters. The summed E-state index contributed by atoms with van der Waals surface area (Å²) < 4.78 is 12.0. The predicted molar refractivity (Wildman–Crippen MR) is 198 cm³/mol. The van der Waals surface area contributed by atoms with Crippen molar-refractivity contribution in [3.63, 3.8) is 0 Å². The minimum absolute atomic E-state index is 0.254. The summed E-state index contributed by atoms with van der Waals surface area (Å²) in [6.45, 7) is 8.34. The van der Waals surface area contributed by atoms with Gasteiger partial charge in [-0.1, -0.05) is 54.6 Å². The number of carbonyl (C=O) groups is 1. The van der Waals surface area contributed by atoms with Crippen molar-refractivity contribution in [1.29, 1.82) is 5.26 Å². The molecule has 3 heterocycles. The maximum absolute atomic E-state index is 11.4. The fraction of sp³-hybridized carbons (Fsp3) is 0.310. The Morgan fingerprint density at radius 2 is 1.71 bits per heavy atom. The van der Waals surface area contributed by atoms with Gasteiger partial charge in [0.15, 0.2) is 5.58 Å². The number of nitrogens with zero attached hydrogens (tertiary/aromatic N) is 4.